The molecule has 3 rings (SSSR count). The number of aromatic nitrogens is 1. The average molecular weight is 284 g/mol. The van der Waals surface area contributed by atoms with Crippen LogP contribution in [-0.2, 0) is 11.3 Å². The van der Waals surface area contributed by atoms with Gasteiger partial charge >= 0.3 is 0 Å². The fourth-order valence-electron chi connectivity index (χ4n) is 2.59. The van der Waals surface area contributed by atoms with Gasteiger partial charge in [-0.25, -0.2) is 4.39 Å². The molecule has 0 atom stereocenters. The van der Waals surface area contributed by atoms with Crippen molar-refractivity contribution >= 4 is 17.4 Å². The van der Waals surface area contributed by atoms with Gasteiger partial charge in [-0.1, -0.05) is 6.07 Å². The molecular formula is C16H13FN2O2. The van der Waals surface area contributed by atoms with Gasteiger partial charge < -0.3 is 0 Å². The summed E-state index contributed by atoms with van der Waals surface area (Å²) >= 11 is 0. The predicted molar refractivity (Wildman–Crippen MR) is 75.6 cm³/mol. The van der Waals surface area contributed by atoms with Crippen molar-refractivity contribution < 1.29 is 14.0 Å². The number of rotatable bonds is 2. The highest BCUT2D eigenvalue weighted by atomic mass is 19.1. The normalized spacial score (nSPS) is 13.8. The van der Waals surface area contributed by atoms with E-state index in [-0.39, 0.29) is 12.1 Å². The number of hydrogen-bond donors (Lipinski definition) is 0. The van der Waals surface area contributed by atoms with Crippen LogP contribution in [0.5, 0.6) is 0 Å². The number of carbonyl (C=O) groups is 2. The molecule has 2 aromatic rings. The third kappa shape index (κ3) is 2.11. The summed E-state index contributed by atoms with van der Waals surface area (Å²) in [5.41, 5.74) is 2.83. The first-order valence-electron chi connectivity index (χ1n) is 6.56. The van der Waals surface area contributed by atoms with Crippen LogP contribution >= 0.6 is 0 Å². The standard InChI is InChI=1S/C16H13FN2O2/c1-9-4-3-5-18-13(9)8-19-14-10(2)6-11(17)7-12(14)15(20)16(19)21/h3-7H,8H2,1-2H3. The lowest BCUT2D eigenvalue weighted by Crippen LogP contribution is -2.30. The van der Waals surface area contributed by atoms with Crippen molar-refractivity contribution in [3.63, 3.8) is 0 Å². The summed E-state index contributed by atoms with van der Waals surface area (Å²) in [6.45, 7) is 3.78. The largest absolute Gasteiger partial charge is 0.299 e. The maximum atomic E-state index is 13.4. The second-order valence-electron chi connectivity index (χ2n) is 5.11. The molecule has 1 aliphatic rings. The van der Waals surface area contributed by atoms with Crippen molar-refractivity contribution in [1.82, 2.24) is 4.98 Å². The van der Waals surface area contributed by atoms with Gasteiger partial charge in [0.15, 0.2) is 0 Å². The fraction of sp³-hybridized carbons (Fsp3) is 0.188. The number of benzene rings is 1. The zero-order valence-electron chi connectivity index (χ0n) is 11.7. The monoisotopic (exact) mass is 284 g/mol. The molecule has 1 amide bonds. The van der Waals surface area contributed by atoms with E-state index >= 15 is 0 Å². The van der Waals surface area contributed by atoms with Gasteiger partial charge in [0, 0.05) is 6.20 Å². The van der Waals surface area contributed by atoms with Crippen LogP contribution in [0.25, 0.3) is 0 Å². The lowest BCUT2D eigenvalue weighted by Gasteiger charge is -2.19. The first-order valence-corrected chi connectivity index (χ1v) is 6.56. The summed E-state index contributed by atoms with van der Waals surface area (Å²) in [6, 6.07) is 6.14. The molecular weight excluding hydrogens is 271 g/mol. The Morgan fingerprint density at radius 2 is 1.95 bits per heavy atom. The van der Waals surface area contributed by atoms with Crippen molar-refractivity contribution in [2.24, 2.45) is 0 Å². The number of Topliss-reactive ketones (excluding diaryl/α,β-unsaturated/α-hetero) is 1. The molecule has 106 valence electrons. The van der Waals surface area contributed by atoms with E-state index in [2.05, 4.69) is 4.98 Å². The summed E-state index contributed by atoms with van der Waals surface area (Å²) < 4.78 is 13.4. The topological polar surface area (TPSA) is 50.3 Å². The fourth-order valence-corrected chi connectivity index (χ4v) is 2.59. The summed E-state index contributed by atoms with van der Waals surface area (Å²) in [4.78, 5) is 29.8. The number of anilines is 1. The van der Waals surface area contributed by atoms with E-state index in [1.807, 2.05) is 19.1 Å². The van der Waals surface area contributed by atoms with E-state index in [1.54, 1.807) is 13.1 Å². The molecule has 1 aromatic carbocycles. The number of halogens is 1. The Bertz CT molecular complexity index is 771. The van der Waals surface area contributed by atoms with Gasteiger partial charge in [0.25, 0.3) is 11.7 Å². The first-order chi connectivity index (χ1) is 9.99. The molecule has 1 aliphatic heterocycles. The second kappa shape index (κ2) is 4.77. The van der Waals surface area contributed by atoms with Gasteiger partial charge in [-0.2, -0.15) is 0 Å². The smallest absolute Gasteiger partial charge is 0.298 e. The van der Waals surface area contributed by atoms with Crippen LogP contribution in [0, 0.1) is 19.7 Å². The minimum absolute atomic E-state index is 0.131. The molecule has 21 heavy (non-hydrogen) atoms. The Labute approximate surface area is 121 Å². The molecule has 4 nitrogen and oxygen atoms in total. The highest BCUT2D eigenvalue weighted by Crippen LogP contribution is 2.34. The predicted octanol–water partition coefficient (Wildman–Crippen LogP) is 2.57. The zero-order valence-corrected chi connectivity index (χ0v) is 11.7. The van der Waals surface area contributed by atoms with Gasteiger partial charge in [-0.05, 0) is 43.2 Å². The summed E-state index contributed by atoms with van der Waals surface area (Å²) in [6.07, 6.45) is 1.64. The number of hydrogen-bond acceptors (Lipinski definition) is 3. The third-order valence-corrected chi connectivity index (χ3v) is 3.64. The summed E-state index contributed by atoms with van der Waals surface area (Å²) in [5.74, 6) is -1.81. The molecule has 0 fully saturated rings. The molecule has 0 aliphatic carbocycles. The lowest BCUT2D eigenvalue weighted by atomic mass is 10.1. The Morgan fingerprint density at radius 3 is 2.67 bits per heavy atom. The van der Waals surface area contributed by atoms with E-state index in [1.165, 1.54) is 11.0 Å². The first kappa shape index (κ1) is 13.4. The second-order valence-corrected chi connectivity index (χ2v) is 5.11. The van der Waals surface area contributed by atoms with Crippen LogP contribution in [0.15, 0.2) is 30.5 Å². The van der Waals surface area contributed by atoms with Gasteiger partial charge in [0.05, 0.1) is 23.5 Å². The molecule has 0 N–H and O–H groups in total. The van der Waals surface area contributed by atoms with Crippen molar-refractivity contribution in [2.75, 3.05) is 4.90 Å². The van der Waals surface area contributed by atoms with Crippen molar-refractivity contribution in [2.45, 2.75) is 20.4 Å². The number of aryl methyl sites for hydroxylation is 2. The SMILES string of the molecule is Cc1cccnc1CN1C(=O)C(=O)c2cc(F)cc(C)c21. The van der Waals surface area contributed by atoms with Crippen molar-refractivity contribution in [3.8, 4) is 0 Å². The third-order valence-electron chi connectivity index (χ3n) is 3.64. The Kier molecular flexibility index (Phi) is 3.05. The summed E-state index contributed by atoms with van der Waals surface area (Å²) in [7, 11) is 0. The zero-order chi connectivity index (χ0) is 15.1. The van der Waals surface area contributed by atoms with Crippen molar-refractivity contribution in [1.29, 1.82) is 0 Å². The number of carbonyl (C=O) groups excluding carboxylic acids is 2. The molecule has 2 heterocycles. The minimum Gasteiger partial charge on any atom is -0.298 e. The number of amides is 1. The Balaban J connectivity index is 2.08. The molecule has 0 saturated heterocycles. The van der Waals surface area contributed by atoms with Gasteiger partial charge in [0.1, 0.15) is 5.82 Å². The number of fused-ring (bicyclic) bond motifs is 1. The quantitative estimate of drug-likeness (QED) is 0.796. The minimum atomic E-state index is -0.666. The Hall–Kier alpha value is -2.56. The van der Waals surface area contributed by atoms with E-state index < -0.39 is 17.5 Å². The summed E-state index contributed by atoms with van der Waals surface area (Å²) in [5, 5.41) is 0. The van der Waals surface area contributed by atoms with Crippen LogP contribution in [0.2, 0.25) is 0 Å². The highest BCUT2D eigenvalue weighted by Gasteiger charge is 2.37. The van der Waals surface area contributed by atoms with Gasteiger partial charge in [0.2, 0.25) is 0 Å². The highest BCUT2D eigenvalue weighted by molar-refractivity contribution is 6.52. The van der Waals surface area contributed by atoms with Crippen LogP contribution in [0.4, 0.5) is 10.1 Å². The van der Waals surface area contributed by atoms with E-state index in [4.69, 9.17) is 0 Å². The van der Waals surface area contributed by atoms with Crippen molar-refractivity contribution in [3.05, 3.63) is 58.7 Å². The van der Waals surface area contributed by atoms with Crippen LogP contribution in [0.3, 0.4) is 0 Å². The maximum absolute atomic E-state index is 13.4. The van der Waals surface area contributed by atoms with Crippen LogP contribution < -0.4 is 4.90 Å². The molecule has 0 saturated carbocycles. The van der Waals surface area contributed by atoms with E-state index in [0.717, 1.165) is 17.3 Å². The maximum Gasteiger partial charge on any atom is 0.299 e. The molecule has 1 aromatic heterocycles. The van der Waals surface area contributed by atoms with Gasteiger partial charge in [-0.15, -0.1) is 0 Å². The Morgan fingerprint density at radius 1 is 1.19 bits per heavy atom. The van der Waals surface area contributed by atoms with E-state index in [9.17, 15) is 14.0 Å². The lowest BCUT2D eigenvalue weighted by molar-refractivity contribution is -0.114. The van der Waals surface area contributed by atoms with E-state index in [0.29, 0.717) is 11.3 Å². The number of nitrogens with zero attached hydrogens (tertiary/aromatic N) is 2. The molecule has 0 unspecified atom stereocenters. The number of ketones is 1. The number of pyridine rings is 1. The van der Waals surface area contributed by atoms with Gasteiger partial charge in [-0.3, -0.25) is 19.5 Å². The molecule has 0 spiro atoms. The van der Waals surface area contributed by atoms with Crippen LogP contribution in [-0.4, -0.2) is 16.7 Å². The van der Waals surface area contributed by atoms with Crippen LogP contribution in [0.1, 0.15) is 27.2 Å². The molecule has 0 bridgehead atoms. The molecule has 5 heteroatoms. The molecule has 0 radical (unpaired) electrons. The average Bonchev–Trinajstić information content (AvgIpc) is 2.67.